The monoisotopic (exact) mass is 378 g/mol. The van der Waals surface area contributed by atoms with E-state index in [1.165, 1.54) is 122 Å². The first-order valence-electron chi connectivity index (χ1n) is 12.8. The van der Waals surface area contributed by atoms with Gasteiger partial charge in [-0.05, 0) is 62.7 Å². The average Bonchev–Trinajstić information content (AvgIpc) is 2.72. The minimum absolute atomic E-state index is 0.235. The van der Waals surface area contributed by atoms with Crippen molar-refractivity contribution in [3.63, 3.8) is 0 Å². The van der Waals surface area contributed by atoms with Crippen molar-refractivity contribution in [2.45, 2.75) is 141 Å². The fourth-order valence-corrected chi connectivity index (χ4v) is 6.05. The molecule has 0 aliphatic heterocycles. The van der Waals surface area contributed by atoms with Gasteiger partial charge in [0.25, 0.3) is 0 Å². The van der Waals surface area contributed by atoms with Crippen molar-refractivity contribution in [1.82, 2.24) is 0 Å². The van der Waals surface area contributed by atoms with Crippen LogP contribution in [0.25, 0.3) is 0 Å². The molecule has 0 atom stereocenters. The first-order valence-corrected chi connectivity index (χ1v) is 12.8. The maximum atomic E-state index is 6.10. The summed E-state index contributed by atoms with van der Waals surface area (Å²) in [5, 5.41) is 0. The number of rotatable bonds is 13. The second kappa shape index (κ2) is 13.2. The highest BCUT2D eigenvalue weighted by Gasteiger charge is 2.38. The van der Waals surface area contributed by atoms with E-state index in [4.69, 9.17) is 4.74 Å². The van der Waals surface area contributed by atoms with Crippen LogP contribution in [0.1, 0.15) is 136 Å². The molecule has 0 N–H and O–H groups in total. The van der Waals surface area contributed by atoms with Crippen LogP contribution in [0, 0.1) is 17.8 Å². The van der Waals surface area contributed by atoms with Crippen molar-refractivity contribution < 1.29 is 4.74 Å². The van der Waals surface area contributed by atoms with Crippen molar-refractivity contribution in [3.05, 3.63) is 0 Å². The summed E-state index contributed by atoms with van der Waals surface area (Å²) >= 11 is 0. The van der Waals surface area contributed by atoms with E-state index in [1.807, 2.05) is 7.11 Å². The SMILES string of the molecule is CCCCCCCC1(OC)CCC(C2CCC(CCCCCC)CC2)CC1. The van der Waals surface area contributed by atoms with Gasteiger partial charge in [-0.25, -0.2) is 0 Å². The topological polar surface area (TPSA) is 9.23 Å². The van der Waals surface area contributed by atoms with Crippen molar-refractivity contribution in [1.29, 1.82) is 0 Å². The third-order valence-corrected chi connectivity index (χ3v) is 8.13. The molecular formula is C26H50O. The zero-order valence-electron chi connectivity index (χ0n) is 19.1. The van der Waals surface area contributed by atoms with Gasteiger partial charge in [0, 0.05) is 7.11 Å². The van der Waals surface area contributed by atoms with Gasteiger partial charge in [-0.3, -0.25) is 0 Å². The summed E-state index contributed by atoms with van der Waals surface area (Å²) in [6, 6.07) is 0. The van der Waals surface area contributed by atoms with Crippen LogP contribution in [-0.4, -0.2) is 12.7 Å². The van der Waals surface area contributed by atoms with E-state index < -0.39 is 0 Å². The van der Waals surface area contributed by atoms with Crippen molar-refractivity contribution in [3.8, 4) is 0 Å². The molecule has 2 rings (SSSR count). The van der Waals surface area contributed by atoms with Crippen molar-refractivity contribution >= 4 is 0 Å². The lowest BCUT2D eigenvalue weighted by molar-refractivity contribution is -0.0639. The lowest BCUT2D eigenvalue weighted by Gasteiger charge is -2.43. The van der Waals surface area contributed by atoms with Crippen molar-refractivity contribution in [2.24, 2.45) is 17.8 Å². The van der Waals surface area contributed by atoms with Gasteiger partial charge in [0.15, 0.2) is 0 Å². The molecule has 160 valence electrons. The van der Waals surface area contributed by atoms with Gasteiger partial charge in [0.2, 0.25) is 0 Å². The molecule has 0 spiro atoms. The fourth-order valence-electron chi connectivity index (χ4n) is 6.05. The Bertz CT molecular complexity index is 347. The van der Waals surface area contributed by atoms with Gasteiger partial charge in [0.05, 0.1) is 5.60 Å². The highest BCUT2D eigenvalue weighted by molar-refractivity contribution is 4.90. The summed E-state index contributed by atoms with van der Waals surface area (Å²) in [6.45, 7) is 4.62. The van der Waals surface area contributed by atoms with E-state index in [0.717, 1.165) is 17.8 Å². The van der Waals surface area contributed by atoms with Crippen LogP contribution in [0.3, 0.4) is 0 Å². The Balaban J connectivity index is 1.63. The summed E-state index contributed by atoms with van der Waals surface area (Å²) in [7, 11) is 1.98. The normalized spacial score (nSPS) is 31.9. The predicted octanol–water partition coefficient (Wildman–Crippen LogP) is 8.70. The Kier molecular flexibility index (Phi) is 11.4. The first-order chi connectivity index (χ1) is 13.2. The minimum atomic E-state index is 0.235. The average molecular weight is 379 g/mol. The fraction of sp³-hybridized carbons (Fsp3) is 1.00. The summed E-state index contributed by atoms with van der Waals surface area (Å²) in [4.78, 5) is 0. The van der Waals surface area contributed by atoms with Gasteiger partial charge in [0.1, 0.15) is 0 Å². The summed E-state index contributed by atoms with van der Waals surface area (Å²) in [5.74, 6) is 3.11. The van der Waals surface area contributed by atoms with Crippen LogP contribution in [0.15, 0.2) is 0 Å². The second-order valence-corrected chi connectivity index (χ2v) is 10.0. The van der Waals surface area contributed by atoms with E-state index in [2.05, 4.69) is 13.8 Å². The van der Waals surface area contributed by atoms with E-state index in [0.29, 0.717) is 0 Å². The molecule has 1 nitrogen and oxygen atoms in total. The standard InChI is InChI=1S/C26H50O/c1-4-6-8-10-12-20-26(27-3)21-18-25(19-22-26)24-16-14-23(15-17-24)13-11-9-7-5-2/h23-25H,4-22H2,1-3H3. The van der Waals surface area contributed by atoms with Gasteiger partial charge in [-0.1, -0.05) is 90.9 Å². The number of hydrogen-bond donors (Lipinski definition) is 0. The maximum Gasteiger partial charge on any atom is 0.0679 e. The first kappa shape index (κ1) is 23.2. The molecule has 1 heteroatoms. The molecule has 0 aromatic carbocycles. The molecule has 0 amide bonds. The highest BCUT2D eigenvalue weighted by atomic mass is 16.5. The third-order valence-electron chi connectivity index (χ3n) is 8.13. The van der Waals surface area contributed by atoms with E-state index >= 15 is 0 Å². The maximum absolute atomic E-state index is 6.10. The van der Waals surface area contributed by atoms with Gasteiger partial charge >= 0.3 is 0 Å². The highest BCUT2D eigenvalue weighted by Crippen LogP contribution is 2.45. The summed E-state index contributed by atoms with van der Waals surface area (Å²) < 4.78 is 6.10. The molecule has 2 aliphatic rings. The Hall–Kier alpha value is -0.0400. The number of hydrogen-bond acceptors (Lipinski definition) is 1. The van der Waals surface area contributed by atoms with Crippen LogP contribution >= 0.6 is 0 Å². The number of methoxy groups -OCH3 is 1. The van der Waals surface area contributed by atoms with Crippen LogP contribution in [0.5, 0.6) is 0 Å². The summed E-state index contributed by atoms with van der Waals surface area (Å²) in [5.41, 5.74) is 0.235. The molecule has 2 fully saturated rings. The Morgan fingerprint density at radius 3 is 1.81 bits per heavy atom. The molecule has 0 unspecified atom stereocenters. The molecule has 0 bridgehead atoms. The Labute approximate surface area is 171 Å². The Morgan fingerprint density at radius 1 is 0.667 bits per heavy atom. The largest absolute Gasteiger partial charge is 0.378 e. The smallest absolute Gasteiger partial charge is 0.0679 e. The van der Waals surface area contributed by atoms with E-state index in [1.54, 1.807) is 0 Å². The molecule has 0 saturated heterocycles. The summed E-state index contributed by atoms with van der Waals surface area (Å²) in [6.07, 6.45) is 27.2. The van der Waals surface area contributed by atoms with E-state index in [9.17, 15) is 0 Å². The van der Waals surface area contributed by atoms with Crippen LogP contribution in [0.4, 0.5) is 0 Å². The van der Waals surface area contributed by atoms with Gasteiger partial charge < -0.3 is 4.74 Å². The van der Waals surface area contributed by atoms with Crippen LogP contribution in [-0.2, 0) is 4.74 Å². The number of ether oxygens (including phenoxy) is 1. The van der Waals surface area contributed by atoms with Crippen molar-refractivity contribution in [2.75, 3.05) is 7.11 Å². The lowest BCUT2D eigenvalue weighted by Crippen LogP contribution is -2.38. The van der Waals surface area contributed by atoms with E-state index in [-0.39, 0.29) is 5.60 Å². The molecule has 0 aromatic rings. The zero-order chi connectivity index (χ0) is 19.4. The minimum Gasteiger partial charge on any atom is -0.378 e. The Morgan fingerprint density at radius 2 is 1.22 bits per heavy atom. The van der Waals surface area contributed by atoms with Gasteiger partial charge in [-0.2, -0.15) is 0 Å². The third kappa shape index (κ3) is 8.08. The number of unbranched alkanes of at least 4 members (excludes halogenated alkanes) is 7. The molecule has 0 heterocycles. The van der Waals surface area contributed by atoms with Gasteiger partial charge in [-0.15, -0.1) is 0 Å². The molecule has 2 saturated carbocycles. The molecular weight excluding hydrogens is 328 g/mol. The van der Waals surface area contributed by atoms with Crippen LogP contribution < -0.4 is 0 Å². The second-order valence-electron chi connectivity index (χ2n) is 10.0. The molecule has 2 aliphatic carbocycles. The lowest BCUT2D eigenvalue weighted by atomic mass is 9.67. The molecule has 0 radical (unpaired) electrons. The quantitative estimate of drug-likeness (QED) is 0.291. The molecule has 0 aromatic heterocycles. The zero-order valence-corrected chi connectivity index (χ0v) is 19.1. The van der Waals surface area contributed by atoms with Crippen LogP contribution in [0.2, 0.25) is 0 Å². The predicted molar refractivity (Wildman–Crippen MR) is 119 cm³/mol. The molecule has 27 heavy (non-hydrogen) atoms.